The summed E-state index contributed by atoms with van der Waals surface area (Å²) in [6.07, 6.45) is 4.40. The summed E-state index contributed by atoms with van der Waals surface area (Å²) in [7, 11) is 0. The molecule has 0 aromatic rings. The van der Waals surface area contributed by atoms with Crippen molar-refractivity contribution in [2.45, 2.75) is 51.4 Å². The molecule has 2 bridgehead atoms. The summed E-state index contributed by atoms with van der Waals surface area (Å²) in [6, 6.07) is 0.432. The average Bonchev–Trinajstić information content (AvgIpc) is 2.96. The first kappa shape index (κ1) is 13.2. The van der Waals surface area contributed by atoms with Crippen LogP contribution in [-0.4, -0.2) is 50.5 Å². The van der Waals surface area contributed by atoms with Crippen molar-refractivity contribution >= 4 is 5.96 Å². The van der Waals surface area contributed by atoms with E-state index in [4.69, 9.17) is 14.5 Å². The Morgan fingerprint density at radius 1 is 1.37 bits per heavy atom. The molecule has 0 saturated carbocycles. The zero-order valence-corrected chi connectivity index (χ0v) is 11.9. The molecular weight excluding hydrogens is 242 g/mol. The van der Waals surface area contributed by atoms with Crippen molar-refractivity contribution < 1.29 is 9.47 Å². The van der Waals surface area contributed by atoms with Gasteiger partial charge in [0.2, 0.25) is 0 Å². The smallest absolute Gasteiger partial charge is 0.191 e. The van der Waals surface area contributed by atoms with Crippen LogP contribution in [-0.2, 0) is 9.47 Å². The van der Waals surface area contributed by atoms with Gasteiger partial charge in [0, 0.05) is 12.0 Å². The van der Waals surface area contributed by atoms with Gasteiger partial charge in [-0.2, -0.15) is 0 Å². The van der Waals surface area contributed by atoms with Gasteiger partial charge in [0.15, 0.2) is 5.96 Å². The van der Waals surface area contributed by atoms with E-state index >= 15 is 0 Å². The maximum atomic E-state index is 5.88. The Morgan fingerprint density at radius 2 is 2.21 bits per heavy atom. The Labute approximate surface area is 115 Å². The highest BCUT2D eigenvalue weighted by atomic mass is 16.5. The van der Waals surface area contributed by atoms with Gasteiger partial charge in [-0.15, -0.1) is 0 Å². The molecule has 3 rings (SSSR count). The molecule has 0 radical (unpaired) electrons. The summed E-state index contributed by atoms with van der Waals surface area (Å²) in [5.41, 5.74) is 0.230. The van der Waals surface area contributed by atoms with Crippen molar-refractivity contribution in [2.24, 2.45) is 10.4 Å². The van der Waals surface area contributed by atoms with E-state index in [1.165, 1.54) is 12.8 Å². The molecule has 3 heterocycles. The fourth-order valence-electron chi connectivity index (χ4n) is 3.10. The summed E-state index contributed by atoms with van der Waals surface area (Å²) in [6.45, 7) is 7.69. The molecule has 0 amide bonds. The minimum absolute atomic E-state index is 0.230. The summed E-state index contributed by atoms with van der Waals surface area (Å²) in [5, 5.41) is 6.87. The van der Waals surface area contributed by atoms with Crippen LogP contribution in [0.3, 0.4) is 0 Å². The molecule has 5 heteroatoms. The summed E-state index contributed by atoms with van der Waals surface area (Å²) >= 11 is 0. The van der Waals surface area contributed by atoms with Gasteiger partial charge < -0.3 is 20.1 Å². The van der Waals surface area contributed by atoms with Crippen LogP contribution in [0, 0.1) is 5.41 Å². The molecule has 0 aromatic carbocycles. The fourth-order valence-corrected chi connectivity index (χ4v) is 3.10. The number of nitrogens with one attached hydrogen (secondary N) is 2. The number of guanidine groups is 1. The topological polar surface area (TPSA) is 54.9 Å². The Hall–Kier alpha value is -0.810. The number of nitrogens with zero attached hydrogens (tertiary/aromatic N) is 1. The summed E-state index contributed by atoms with van der Waals surface area (Å²) < 4.78 is 11.2. The SMILES string of the molecule is CCNC(=NCC1(C)COC1)NC1CC2CCC1O2. The molecule has 5 nitrogen and oxygen atoms in total. The molecule has 0 aromatic heterocycles. The van der Waals surface area contributed by atoms with Crippen molar-refractivity contribution in [3.05, 3.63) is 0 Å². The van der Waals surface area contributed by atoms with Gasteiger partial charge in [-0.05, 0) is 26.2 Å². The van der Waals surface area contributed by atoms with E-state index < -0.39 is 0 Å². The lowest BCUT2D eigenvalue weighted by atomic mass is 9.89. The van der Waals surface area contributed by atoms with Gasteiger partial charge in [0.1, 0.15) is 0 Å². The van der Waals surface area contributed by atoms with Crippen molar-refractivity contribution in [3.63, 3.8) is 0 Å². The highest BCUT2D eigenvalue weighted by Crippen LogP contribution is 2.34. The lowest BCUT2D eigenvalue weighted by Crippen LogP contribution is -2.49. The third-order valence-electron chi connectivity index (χ3n) is 4.29. The number of rotatable bonds is 4. The maximum absolute atomic E-state index is 5.88. The van der Waals surface area contributed by atoms with E-state index in [0.717, 1.165) is 38.7 Å². The third kappa shape index (κ3) is 2.87. The summed E-state index contributed by atoms with van der Waals surface area (Å²) in [5.74, 6) is 0.928. The van der Waals surface area contributed by atoms with E-state index in [-0.39, 0.29) is 5.41 Å². The van der Waals surface area contributed by atoms with Crippen molar-refractivity contribution in [1.82, 2.24) is 10.6 Å². The van der Waals surface area contributed by atoms with E-state index in [2.05, 4.69) is 24.5 Å². The van der Waals surface area contributed by atoms with Crippen LogP contribution in [0.2, 0.25) is 0 Å². The maximum Gasteiger partial charge on any atom is 0.191 e. The van der Waals surface area contributed by atoms with E-state index in [1.807, 2.05) is 0 Å². The van der Waals surface area contributed by atoms with Crippen LogP contribution >= 0.6 is 0 Å². The Morgan fingerprint density at radius 3 is 2.74 bits per heavy atom. The lowest BCUT2D eigenvalue weighted by Gasteiger charge is -2.36. The number of aliphatic imine (C=N–C) groups is 1. The molecule has 3 saturated heterocycles. The first-order valence-electron chi connectivity index (χ1n) is 7.46. The highest BCUT2D eigenvalue weighted by molar-refractivity contribution is 5.80. The fraction of sp³-hybridized carbons (Fsp3) is 0.929. The number of hydrogen-bond donors (Lipinski definition) is 2. The zero-order valence-electron chi connectivity index (χ0n) is 11.9. The molecule has 2 N–H and O–H groups in total. The minimum atomic E-state index is 0.230. The Kier molecular flexibility index (Phi) is 3.67. The molecule has 3 aliphatic rings. The van der Waals surface area contributed by atoms with Crippen molar-refractivity contribution in [2.75, 3.05) is 26.3 Å². The Bertz CT molecular complexity index is 355. The molecule has 3 atom stereocenters. The van der Waals surface area contributed by atoms with Crippen LogP contribution in [0.25, 0.3) is 0 Å². The van der Waals surface area contributed by atoms with Crippen LogP contribution in [0.5, 0.6) is 0 Å². The predicted molar refractivity (Wildman–Crippen MR) is 74.3 cm³/mol. The molecule has 3 fully saturated rings. The number of hydrogen-bond acceptors (Lipinski definition) is 3. The van der Waals surface area contributed by atoms with Crippen molar-refractivity contribution in [1.29, 1.82) is 0 Å². The lowest BCUT2D eigenvalue weighted by molar-refractivity contribution is -0.0945. The molecule has 0 spiro atoms. The minimum Gasteiger partial charge on any atom is -0.380 e. The largest absolute Gasteiger partial charge is 0.380 e. The molecule has 3 unspecified atom stereocenters. The first-order valence-corrected chi connectivity index (χ1v) is 7.46. The zero-order chi connectivity index (χ0) is 13.3. The standard InChI is InChI=1S/C14H25N3O2/c1-3-15-13(16-7-14(2)8-18-9-14)17-11-6-10-4-5-12(11)19-10/h10-12H,3-9H2,1-2H3,(H2,15,16,17). The van der Waals surface area contributed by atoms with Crippen LogP contribution in [0.15, 0.2) is 4.99 Å². The monoisotopic (exact) mass is 267 g/mol. The van der Waals surface area contributed by atoms with E-state index in [9.17, 15) is 0 Å². The van der Waals surface area contributed by atoms with Gasteiger partial charge >= 0.3 is 0 Å². The molecule has 108 valence electrons. The predicted octanol–water partition coefficient (Wildman–Crippen LogP) is 0.898. The quantitative estimate of drug-likeness (QED) is 0.587. The number of fused-ring (bicyclic) bond motifs is 2. The third-order valence-corrected chi connectivity index (χ3v) is 4.29. The van der Waals surface area contributed by atoms with Gasteiger partial charge in [0.25, 0.3) is 0 Å². The average molecular weight is 267 g/mol. The second-order valence-corrected chi connectivity index (χ2v) is 6.36. The highest BCUT2D eigenvalue weighted by Gasteiger charge is 2.41. The molecule has 19 heavy (non-hydrogen) atoms. The Balaban J connectivity index is 1.56. The number of ether oxygens (including phenoxy) is 2. The van der Waals surface area contributed by atoms with Gasteiger partial charge in [-0.1, -0.05) is 6.92 Å². The first-order chi connectivity index (χ1) is 9.18. The molecular formula is C14H25N3O2. The molecule has 0 aliphatic carbocycles. The van der Waals surface area contributed by atoms with Crippen LogP contribution in [0.1, 0.15) is 33.1 Å². The van der Waals surface area contributed by atoms with Crippen LogP contribution in [0.4, 0.5) is 0 Å². The second-order valence-electron chi connectivity index (χ2n) is 6.36. The molecule has 3 aliphatic heterocycles. The van der Waals surface area contributed by atoms with Crippen molar-refractivity contribution in [3.8, 4) is 0 Å². The second kappa shape index (κ2) is 5.29. The van der Waals surface area contributed by atoms with Crippen LogP contribution < -0.4 is 10.6 Å². The van der Waals surface area contributed by atoms with Gasteiger partial charge in [-0.25, -0.2) is 0 Å². The summed E-state index contributed by atoms with van der Waals surface area (Å²) in [4.78, 5) is 4.71. The normalized spacial score (nSPS) is 36.1. The van der Waals surface area contributed by atoms with Gasteiger partial charge in [0.05, 0.1) is 38.0 Å². The van der Waals surface area contributed by atoms with E-state index in [0.29, 0.717) is 18.2 Å². The van der Waals surface area contributed by atoms with E-state index in [1.54, 1.807) is 0 Å². The van der Waals surface area contributed by atoms with Gasteiger partial charge in [-0.3, -0.25) is 4.99 Å².